The minimum atomic E-state index is 0.233. The van der Waals surface area contributed by atoms with Crippen molar-refractivity contribution in [2.24, 2.45) is 17.3 Å². The first-order chi connectivity index (χ1) is 9.40. The molecule has 2 saturated heterocycles. The standard InChI is InChI=1S/C18H30O2/c1-5-16(2,12-6-8-14-17(3,10-12)19-14)13-7-9-15-18(4,11-13)20-15/h12-15H,5-11H2,1-4H3. The zero-order valence-electron chi connectivity index (χ0n) is 13.6. The Balaban J connectivity index is 1.53. The van der Waals surface area contributed by atoms with Gasteiger partial charge in [0.05, 0.1) is 23.4 Å². The third-order valence-corrected chi connectivity index (χ3v) is 7.56. The molecule has 0 bridgehead atoms. The predicted octanol–water partition coefficient (Wildman–Crippen LogP) is 4.32. The number of hydrogen-bond acceptors (Lipinski definition) is 2. The Hall–Kier alpha value is -0.0800. The van der Waals surface area contributed by atoms with Crippen LogP contribution in [0.5, 0.6) is 0 Å². The van der Waals surface area contributed by atoms with Crippen LogP contribution >= 0.6 is 0 Å². The largest absolute Gasteiger partial charge is 0.366 e. The van der Waals surface area contributed by atoms with Crippen LogP contribution in [0.25, 0.3) is 0 Å². The summed E-state index contributed by atoms with van der Waals surface area (Å²) in [5.41, 5.74) is 0.951. The van der Waals surface area contributed by atoms with Gasteiger partial charge in [-0.3, -0.25) is 0 Å². The van der Waals surface area contributed by atoms with Crippen molar-refractivity contribution in [3.05, 3.63) is 0 Å². The molecule has 2 heterocycles. The van der Waals surface area contributed by atoms with Gasteiger partial charge in [0.15, 0.2) is 0 Å². The van der Waals surface area contributed by atoms with Crippen LogP contribution in [0.1, 0.15) is 72.6 Å². The third kappa shape index (κ3) is 1.83. The van der Waals surface area contributed by atoms with Crippen LogP contribution in [0.3, 0.4) is 0 Å². The maximum Gasteiger partial charge on any atom is 0.0923 e. The second kappa shape index (κ2) is 4.01. The molecule has 20 heavy (non-hydrogen) atoms. The molecule has 0 N–H and O–H groups in total. The van der Waals surface area contributed by atoms with E-state index in [1.165, 1.54) is 44.9 Å². The molecule has 0 amide bonds. The summed E-state index contributed by atoms with van der Waals surface area (Å²) in [6, 6.07) is 0. The maximum absolute atomic E-state index is 5.95. The van der Waals surface area contributed by atoms with Gasteiger partial charge in [0, 0.05) is 0 Å². The van der Waals surface area contributed by atoms with Crippen LogP contribution in [-0.4, -0.2) is 23.4 Å². The van der Waals surface area contributed by atoms with E-state index in [2.05, 4.69) is 27.7 Å². The normalized spacial score (nSPS) is 56.4. The van der Waals surface area contributed by atoms with Gasteiger partial charge in [-0.15, -0.1) is 0 Å². The lowest BCUT2D eigenvalue weighted by atomic mass is 9.57. The molecule has 4 aliphatic rings. The van der Waals surface area contributed by atoms with Crippen molar-refractivity contribution in [2.45, 2.75) is 96.1 Å². The lowest BCUT2D eigenvalue weighted by Crippen LogP contribution is -2.42. The van der Waals surface area contributed by atoms with Gasteiger partial charge in [0.1, 0.15) is 0 Å². The number of fused-ring (bicyclic) bond motifs is 2. The predicted molar refractivity (Wildman–Crippen MR) is 79.6 cm³/mol. The van der Waals surface area contributed by atoms with E-state index in [9.17, 15) is 0 Å². The van der Waals surface area contributed by atoms with Crippen LogP contribution < -0.4 is 0 Å². The highest BCUT2D eigenvalue weighted by Crippen LogP contribution is 2.61. The van der Waals surface area contributed by atoms with Crippen molar-refractivity contribution in [3.8, 4) is 0 Å². The van der Waals surface area contributed by atoms with Gasteiger partial charge in [-0.1, -0.05) is 20.3 Å². The molecule has 0 aromatic carbocycles. The van der Waals surface area contributed by atoms with E-state index in [4.69, 9.17) is 9.47 Å². The van der Waals surface area contributed by atoms with Crippen molar-refractivity contribution in [1.82, 2.24) is 0 Å². The first-order valence-electron chi connectivity index (χ1n) is 8.75. The highest BCUT2D eigenvalue weighted by Gasteiger charge is 2.61. The molecule has 2 heteroatoms. The second-order valence-corrected chi connectivity index (χ2v) is 8.65. The van der Waals surface area contributed by atoms with Crippen molar-refractivity contribution in [3.63, 3.8) is 0 Å². The lowest BCUT2D eigenvalue weighted by Gasteiger charge is -2.47. The quantitative estimate of drug-likeness (QED) is 0.718. The van der Waals surface area contributed by atoms with Gasteiger partial charge < -0.3 is 9.47 Å². The summed E-state index contributed by atoms with van der Waals surface area (Å²) in [6.45, 7) is 9.65. The molecule has 2 aliphatic carbocycles. The van der Waals surface area contributed by atoms with E-state index in [0.717, 1.165) is 11.8 Å². The van der Waals surface area contributed by atoms with Gasteiger partial charge in [0.25, 0.3) is 0 Å². The first-order valence-corrected chi connectivity index (χ1v) is 8.75. The van der Waals surface area contributed by atoms with E-state index in [1.54, 1.807) is 0 Å². The molecule has 0 spiro atoms. The van der Waals surface area contributed by atoms with Gasteiger partial charge in [-0.25, -0.2) is 0 Å². The Kier molecular flexibility index (Phi) is 2.72. The van der Waals surface area contributed by atoms with E-state index in [1.807, 2.05) is 0 Å². The van der Waals surface area contributed by atoms with Gasteiger partial charge in [-0.2, -0.15) is 0 Å². The molecule has 2 saturated carbocycles. The molecular weight excluding hydrogens is 248 g/mol. The summed E-state index contributed by atoms with van der Waals surface area (Å²) in [7, 11) is 0. The van der Waals surface area contributed by atoms with Crippen LogP contribution in [0.2, 0.25) is 0 Å². The zero-order valence-corrected chi connectivity index (χ0v) is 13.6. The number of epoxide rings is 2. The summed E-state index contributed by atoms with van der Waals surface area (Å²) in [5.74, 6) is 1.69. The first kappa shape index (κ1) is 13.6. The SMILES string of the molecule is CCC(C)(C1CCC2OC2(C)C1)C1CCC2OC2(C)C1. The second-order valence-electron chi connectivity index (χ2n) is 8.65. The average molecular weight is 278 g/mol. The highest BCUT2D eigenvalue weighted by molar-refractivity contribution is 5.10. The molecule has 2 nitrogen and oxygen atoms in total. The van der Waals surface area contributed by atoms with Gasteiger partial charge in [0.2, 0.25) is 0 Å². The van der Waals surface area contributed by atoms with E-state index in [-0.39, 0.29) is 11.2 Å². The van der Waals surface area contributed by atoms with Crippen molar-refractivity contribution >= 4 is 0 Å². The van der Waals surface area contributed by atoms with Crippen LogP contribution in [0, 0.1) is 17.3 Å². The fourth-order valence-corrected chi connectivity index (χ4v) is 5.59. The Morgan fingerprint density at radius 1 is 0.900 bits per heavy atom. The molecule has 2 aliphatic heterocycles. The zero-order chi connectivity index (χ0) is 14.2. The molecule has 4 rings (SSSR count). The fraction of sp³-hybridized carbons (Fsp3) is 1.00. The molecule has 114 valence electrons. The fourth-order valence-electron chi connectivity index (χ4n) is 5.59. The molecule has 6 atom stereocenters. The van der Waals surface area contributed by atoms with E-state index in [0.29, 0.717) is 17.6 Å². The number of hydrogen-bond donors (Lipinski definition) is 0. The van der Waals surface area contributed by atoms with Gasteiger partial charge in [-0.05, 0) is 69.6 Å². The molecule has 4 fully saturated rings. The minimum Gasteiger partial charge on any atom is -0.366 e. The summed E-state index contributed by atoms with van der Waals surface area (Å²) in [6.07, 6.45) is 10.4. The maximum atomic E-state index is 5.95. The molecule has 0 radical (unpaired) electrons. The van der Waals surface area contributed by atoms with Crippen molar-refractivity contribution in [2.75, 3.05) is 0 Å². The Labute approximate surface area is 123 Å². The number of rotatable bonds is 3. The molecule has 6 unspecified atom stereocenters. The smallest absolute Gasteiger partial charge is 0.0923 e. The molecule has 0 aromatic rings. The highest BCUT2D eigenvalue weighted by atomic mass is 16.6. The minimum absolute atomic E-state index is 0.233. The summed E-state index contributed by atoms with van der Waals surface area (Å²) < 4.78 is 11.9. The van der Waals surface area contributed by atoms with Crippen LogP contribution in [0.4, 0.5) is 0 Å². The van der Waals surface area contributed by atoms with Crippen molar-refractivity contribution < 1.29 is 9.47 Å². The Morgan fingerprint density at radius 2 is 1.35 bits per heavy atom. The van der Waals surface area contributed by atoms with Crippen LogP contribution in [0.15, 0.2) is 0 Å². The van der Waals surface area contributed by atoms with E-state index >= 15 is 0 Å². The summed E-state index contributed by atoms with van der Waals surface area (Å²) in [4.78, 5) is 0. The monoisotopic (exact) mass is 278 g/mol. The lowest BCUT2D eigenvalue weighted by molar-refractivity contribution is 0.0267. The average Bonchev–Trinajstić information content (AvgIpc) is 3.28. The molecule has 0 aromatic heterocycles. The molecular formula is C18H30O2. The topological polar surface area (TPSA) is 25.1 Å². The summed E-state index contributed by atoms with van der Waals surface area (Å²) in [5, 5.41) is 0. The van der Waals surface area contributed by atoms with Crippen LogP contribution in [-0.2, 0) is 9.47 Å². The third-order valence-electron chi connectivity index (χ3n) is 7.56. The Morgan fingerprint density at radius 3 is 1.70 bits per heavy atom. The van der Waals surface area contributed by atoms with E-state index < -0.39 is 0 Å². The Bertz CT molecular complexity index is 386. The van der Waals surface area contributed by atoms with Crippen molar-refractivity contribution in [1.29, 1.82) is 0 Å². The summed E-state index contributed by atoms with van der Waals surface area (Å²) >= 11 is 0. The van der Waals surface area contributed by atoms with Gasteiger partial charge >= 0.3 is 0 Å². The number of ether oxygens (including phenoxy) is 2.